The highest BCUT2D eigenvalue weighted by molar-refractivity contribution is 5.79. The molecule has 5 heteroatoms. The maximum atomic E-state index is 5.45. The Bertz CT molecular complexity index is 539. The molecule has 0 amide bonds. The molecule has 5 nitrogen and oxygen atoms in total. The summed E-state index contributed by atoms with van der Waals surface area (Å²) in [6.45, 7) is 4.53. The van der Waals surface area contributed by atoms with Crippen molar-refractivity contribution in [2.24, 2.45) is 10.4 Å². The molecule has 0 spiro atoms. The van der Waals surface area contributed by atoms with Crippen molar-refractivity contribution in [1.29, 1.82) is 0 Å². The first-order valence-corrected chi connectivity index (χ1v) is 8.19. The number of hydrogen-bond acceptors (Lipinski definition) is 3. The summed E-state index contributed by atoms with van der Waals surface area (Å²) in [5, 5.41) is 6.81. The Kier molecular flexibility index (Phi) is 6.28. The lowest BCUT2D eigenvalue weighted by Crippen LogP contribution is -2.40. The standard InChI is InChI=1S/C18H29N3O2/c1-14-5-6-15(16(11-14)23-4)12-20-17(19-2)21-13-18(7-8-18)9-10-22-3/h5-6,11H,7-10,12-13H2,1-4H3,(H2,19,20,21). The minimum absolute atomic E-state index is 0.398. The van der Waals surface area contributed by atoms with Gasteiger partial charge >= 0.3 is 0 Å². The second kappa shape index (κ2) is 8.20. The number of ether oxygens (including phenoxy) is 2. The van der Waals surface area contributed by atoms with Crippen LogP contribution in [0.2, 0.25) is 0 Å². The molecule has 0 aliphatic heterocycles. The van der Waals surface area contributed by atoms with Gasteiger partial charge in [-0.25, -0.2) is 0 Å². The molecule has 0 bridgehead atoms. The first kappa shape index (κ1) is 17.6. The summed E-state index contributed by atoms with van der Waals surface area (Å²) in [5.74, 6) is 1.74. The van der Waals surface area contributed by atoms with Crippen molar-refractivity contribution in [3.63, 3.8) is 0 Å². The lowest BCUT2D eigenvalue weighted by Gasteiger charge is -2.18. The van der Waals surface area contributed by atoms with Crippen LogP contribution in [0.1, 0.15) is 30.4 Å². The molecule has 1 aliphatic rings. The SMILES string of the molecule is CN=C(NCc1ccc(C)cc1OC)NCC1(CCOC)CC1. The van der Waals surface area contributed by atoms with Gasteiger partial charge in [0.25, 0.3) is 0 Å². The van der Waals surface area contributed by atoms with Crippen LogP contribution in [0.15, 0.2) is 23.2 Å². The highest BCUT2D eigenvalue weighted by Gasteiger charge is 2.41. The fourth-order valence-electron chi connectivity index (χ4n) is 2.68. The number of benzene rings is 1. The van der Waals surface area contributed by atoms with Gasteiger partial charge in [-0.1, -0.05) is 12.1 Å². The molecule has 1 aromatic carbocycles. The molecular weight excluding hydrogens is 290 g/mol. The van der Waals surface area contributed by atoms with Gasteiger partial charge in [0.1, 0.15) is 5.75 Å². The van der Waals surface area contributed by atoms with Crippen molar-refractivity contribution >= 4 is 5.96 Å². The van der Waals surface area contributed by atoms with Crippen LogP contribution in [-0.2, 0) is 11.3 Å². The smallest absolute Gasteiger partial charge is 0.191 e. The average Bonchev–Trinajstić information content (AvgIpc) is 3.34. The molecule has 1 aromatic rings. The molecule has 0 atom stereocenters. The molecule has 0 heterocycles. The fourth-order valence-corrected chi connectivity index (χ4v) is 2.68. The van der Waals surface area contributed by atoms with Gasteiger partial charge in [-0.2, -0.15) is 0 Å². The normalized spacial score (nSPS) is 16.1. The van der Waals surface area contributed by atoms with Crippen molar-refractivity contribution < 1.29 is 9.47 Å². The predicted octanol–water partition coefficient (Wildman–Crippen LogP) is 2.49. The highest BCUT2D eigenvalue weighted by Crippen LogP contribution is 2.48. The highest BCUT2D eigenvalue weighted by atomic mass is 16.5. The van der Waals surface area contributed by atoms with Gasteiger partial charge < -0.3 is 20.1 Å². The Morgan fingerprint density at radius 1 is 1.26 bits per heavy atom. The number of guanidine groups is 1. The number of aliphatic imine (C=N–C) groups is 1. The Morgan fingerprint density at radius 2 is 2.04 bits per heavy atom. The molecule has 2 rings (SSSR count). The summed E-state index contributed by atoms with van der Waals surface area (Å²) < 4.78 is 10.7. The van der Waals surface area contributed by atoms with E-state index in [1.54, 1.807) is 21.3 Å². The molecule has 0 unspecified atom stereocenters. The molecule has 1 saturated carbocycles. The van der Waals surface area contributed by atoms with Gasteiger partial charge in [0.2, 0.25) is 0 Å². The van der Waals surface area contributed by atoms with Crippen LogP contribution >= 0.6 is 0 Å². The lowest BCUT2D eigenvalue weighted by molar-refractivity contribution is 0.172. The zero-order chi connectivity index (χ0) is 16.7. The zero-order valence-corrected chi connectivity index (χ0v) is 14.7. The summed E-state index contributed by atoms with van der Waals surface area (Å²) in [4.78, 5) is 4.31. The van der Waals surface area contributed by atoms with E-state index in [4.69, 9.17) is 9.47 Å². The maximum absolute atomic E-state index is 5.45. The van der Waals surface area contributed by atoms with Gasteiger partial charge in [0, 0.05) is 39.4 Å². The van der Waals surface area contributed by atoms with E-state index in [2.05, 4.69) is 40.7 Å². The van der Waals surface area contributed by atoms with E-state index in [9.17, 15) is 0 Å². The van der Waals surface area contributed by atoms with Crippen molar-refractivity contribution in [2.45, 2.75) is 32.7 Å². The van der Waals surface area contributed by atoms with Crippen LogP contribution in [0.25, 0.3) is 0 Å². The first-order valence-electron chi connectivity index (χ1n) is 8.19. The third-order valence-electron chi connectivity index (χ3n) is 4.54. The van der Waals surface area contributed by atoms with Gasteiger partial charge in [0.15, 0.2) is 5.96 Å². The second-order valence-electron chi connectivity index (χ2n) is 6.34. The average molecular weight is 319 g/mol. The quantitative estimate of drug-likeness (QED) is 0.571. The third kappa shape index (κ3) is 5.13. The largest absolute Gasteiger partial charge is 0.496 e. The lowest BCUT2D eigenvalue weighted by atomic mass is 10.0. The third-order valence-corrected chi connectivity index (χ3v) is 4.54. The summed E-state index contributed by atoms with van der Waals surface area (Å²) in [5.41, 5.74) is 2.72. The zero-order valence-electron chi connectivity index (χ0n) is 14.7. The van der Waals surface area contributed by atoms with Crippen molar-refractivity contribution in [3.8, 4) is 5.75 Å². The van der Waals surface area contributed by atoms with E-state index in [-0.39, 0.29) is 0 Å². The molecule has 1 fully saturated rings. The Morgan fingerprint density at radius 3 is 2.65 bits per heavy atom. The molecule has 23 heavy (non-hydrogen) atoms. The molecule has 1 aliphatic carbocycles. The first-order chi connectivity index (χ1) is 11.1. The van der Waals surface area contributed by atoms with Crippen LogP contribution < -0.4 is 15.4 Å². The summed E-state index contributed by atoms with van der Waals surface area (Å²) in [7, 11) is 5.27. The summed E-state index contributed by atoms with van der Waals surface area (Å²) >= 11 is 0. The molecule has 0 radical (unpaired) electrons. The minimum atomic E-state index is 0.398. The molecule has 0 aromatic heterocycles. The van der Waals surface area contributed by atoms with Crippen LogP contribution in [0.4, 0.5) is 0 Å². The van der Waals surface area contributed by atoms with E-state index < -0.39 is 0 Å². The number of aryl methyl sites for hydroxylation is 1. The number of hydrogen-bond donors (Lipinski definition) is 2. The van der Waals surface area contributed by atoms with E-state index in [0.29, 0.717) is 12.0 Å². The number of rotatable bonds is 8. The van der Waals surface area contributed by atoms with Crippen LogP contribution in [0.3, 0.4) is 0 Å². The van der Waals surface area contributed by atoms with E-state index in [0.717, 1.165) is 36.8 Å². The van der Waals surface area contributed by atoms with Gasteiger partial charge in [0.05, 0.1) is 7.11 Å². The van der Waals surface area contributed by atoms with Crippen molar-refractivity contribution in [2.75, 3.05) is 34.4 Å². The molecular formula is C18H29N3O2. The van der Waals surface area contributed by atoms with Crippen molar-refractivity contribution in [1.82, 2.24) is 10.6 Å². The van der Waals surface area contributed by atoms with Crippen LogP contribution in [-0.4, -0.2) is 40.4 Å². The monoisotopic (exact) mass is 319 g/mol. The van der Waals surface area contributed by atoms with E-state index >= 15 is 0 Å². The number of nitrogens with one attached hydrogen (secondary N) is 2. The number of methoxy groups -OCH3 is 2. The van der Waals surface area contributed by atoms with Crippen LogP contribution in [0.5, 0.6) is 5.75 Å². The minimum Gasteiger partial charge on any atom is -0.496 e. The van der Waals surface area contributed by atoms with Gasteiger partial charge in [-0.05, 0) is 43.2 Å². The topological polar surface area (TPSA) is 54.9 Å². The van der Waals surface area contributed by atoms with Gasteiger partial charge in [-0.3, -0.25) is 4.99 Å². The summed E-state index contributed by atoms with van der Waals surface area (Å²) in [6.07, 6.45) is 3.65. The molecule has 2 N–H and O–H groups in total. The predicted molar refractivity (Wildman–Crippen MR) is 94.1 cm³/mol. The second-order valence-corrected chi connectivity index (χ2v) is 6.34. The summed E-state index contributed by atoms with van der Waals surface area (Å²) in [6, 6.07) is 6.24. The van der Waals surface area contributed by atoms with Gasteiger partial charge in [-0.15, -0.1) is 0 Å². The molecule has 0 saturated heterocycles. The van der Waals surface area contributed by atoms with Crippen LogP contribution in [0, 0.1) is 12.3 Å². The Labute approximate surface area is 139 Å². The molecule has 128 valence electrons. The maximum Gasteiger partial charge on any atom is 0.191 e. The van der Waals surface area contributed by atoms with Crippen molar-refractivity contribution in [3.05, 3.63) is 29.3 Å². The van der Waals surface area contributed by atoms with E-state index in [1.165, 1.54) is 18.4 Å². The Hall–Kier alpha value is -1.75. The number of nitrogens with zero attached hydrogens (tertiary/aromatic N) is 1. The Balaban J connectivity index is 1.84. The fraction of sp³-hybridized carbons (Fsp3) is 0.611. The van der Waals surface area contributed by atoms with E-state index in [1.807, 2.05) is 0 Å².